The Bertz CT molecular complexity index is 712. The third kappa shape index (κ3) is 4.78. The quantitative estimate of drug-likeness (QED) is 0.730. The van der Waals surface area contributed by atoms with E-state index in [-0.39, 0.29) is 0 Å². The van der Waals surface area contributed by atoms with E-state index in [9.17, 15) is 8.42 Å². The summed E-state index contributed by atoms with van der Waals surface area (Å²) in [5.41, 5.74) is 2.73. The van der Waals surface area contributed by atoms with Gasteiger partial charge in [0.15, 0.2) is 0 Å². The van der Waals surface area contributed by atoms with Crippen LogP contribution in [0, 0.1) is 5.92 Å². The van der Waals surface area contributed by atoms with Gasteiger partial charge in [0.25, 0.3) is 0 Å². The first-order valence-corrected chi connectivity index (χ1v) is 11.6. The Labute approximate surface area is 158 Å². The molecule has 0 amide bonds. The van der Waals surface area contributed by atoms with Crippen LogP contribution in [0.2, 0.25) is 0 Å². The van der Waals surface area contributed by atoms with Gasteiger partial charge in [0, 0.05) is 32.6 Å². The number of nitrogens with zero attached hydrogens (tertiary/aromatic N) is 2. The maximum absolute atomic E-state index is 11.7. The van der Waals surface area contributed by atoms with Crippen molar-refractivity contribution in [2.75, 3.05) is 45.6 Å². The van der Waals surface area contributed by atoms with Crippen LogP contribution in [0.4, 0.5) is 0 Å². The van der Waals surface area contributed by atoms with E-state index in [1.165, 1.54) is 17.4 Å². The van der Waals surface area contributed by atoms with E-state index in [0.717, 1.165) is 51.3 Å². The second kappa shape index (κ2) is 8.28. The predicted molar refractivity (Wildman–Crippen MR) is 105 cm³/mol. The van der Waals surface area contributed by atoms with Crippen molar-refractivity contribution in [1.29, 1.82) is 0 Å². The van der Waals surface area contributed by atoms with Gasteiger partial charge in [0.2, 0.25) is 10.0 Å². The van der Waals surface area contributed by atoms with Crippen molar-refractivity contribution in [1.82, 2.24) is 9.21 Å². The Morgan fingerprint density at radius 2 is 2.04 bits per heavy atom. The summed E-state index contributed by atoms with van der Waals surface area (Å²) in [5, 5.41) is 0. The fraction of sp³-hybridized carbons (Fsp3) is 0.700. The lowest BCUT2D eigenvalue weighted by Gasteiger charge is -2.34. The largest absolute Gasteiger partial charge is 0.493 e. The Balaban J connectivity index is 1.53. The molecular formula is C20H32N2O3S. The van der Waals surface area contributed by atoms with Crippen LogP contribution < -0.4 is 4.74 Å². The van der Waals surface area contributed by atoms with E-state index in [0.29, 0.717) is 24.9 Å². The molecule has 2 heterocycles. The van der Waals surface area contributed by atoms with Gasteiger partial charge in [-0.1, -0.05) is 26.0 Å². The normalized spacial score (nSPS) is 20.2. The SMILES string of the molecule is CCN(CC1CCN(S(C)(=O)=O)CC1)CC(C)c1ccc2c(c1)CCO2. The Kier molecular flexibility index (Phi) is 6.25. The first-order valence-electron chi connectivity index (χ1n) is 9.80. The lowest BCUT2D eigenvalue weighted by Crippen LogP contribution is -2.41. The lowest BCUT2D eigenvalue weighted by atomic mass is 9.95. The molecule has 1 unspecified atom stereocenters. The molecule has 5 nitrogen and oxygen atoms in total. The number of fused-ring (bicyclic) bond motifs is 1. The fourth-order valence-corrected chi connectivity index (χ4v) is 5.00. The molecule has 0 saturated carbocycles. The summed E-state index contributed by atoms with van der Waals surface area (Å²) in [6, 6.07) is 6.63. The minimum absolute atomic E-state index is 0.483. The molecule has 2 aliphatic rings. The molecule has 2 aliphatic heterocycles. The zero-order chi connectivity index (χ0) is 18.7. The highest BCUT2D eigenvalue weighted by Gasteiger charge is 2.26. The van der Waals surface area contributed by atoms with Gasteiger partial charge in [-0.3, -0.25) is 0 Å². The van der Waals surface area contributed by atoms with E-state index >= 15 is 0 Å². The van der Waals surface area contributed by atoms with E-state index < -0.39 is 10.0 Å². The number of likely N-dealkylation sites (N-methyl/N-ethyl adjacent to an activating group) is 1. The van der Waals surface area contributed by atoms with E-state index in [4.69, 9.17) is 4.74 Å². The summed E-state index contributed by atoms with van der Waals surface area (Å²) in [7, 11) is -3.03. The number of rotatable bonds is 7. The summed E-state index contributed by atoms with van der Waals surface area (Å²) in [6.07, 6.45) is 4.27. The van der Waals surface area contributed by atoms with Crippen molar-refractivity contribution in [3.63, 3.8) is 0 Å². The van der Waals surface area contributed by atoms with Crippen LogP contribution >= 0.6 is 0 Å². The van der Waals surface area contributed by atoms with Crippen molar-refractivity contribution >= 4 is 10.0 Å². The molecule has 146 valence electrons. The molecule has 0 radical (unpaired) electrons. The first kappa shape index (κ1) is 19.6. The highest BCUT2D eigenvalue weighted by Crippen LogP contribution is 2.29. The summed E-state index contributed by atoms with van der Waals surface area (Å²) >= 11 is 0. The Morgan fingerprint density at radius 3 is 2.69 bits per heavy atom. The van der Waals surface area contributed by atoms with Gasteiger partial charge >= 0.3 is 0 Å². The molecule has 0 N–H and O–H groups in total. The number of hydrogen-bond donors (Lipinski definition) is 0. The summed E-state index contributed by atoms with van der Waals surface area (Å²) in [5.74, 6) is 2.12. The van der Waals surface area contributed by atoms with E-state index in [2.05, 4.69) is 36.9 Å². The van der Waals surface area contributed by atoms with Gasteiger partial charge < -0.3 is 9.64 Å². The average Bonchev–Trinajstić information content (AvgIpc) is 3.08. The van der Waals surface area contributed by atoms with Crippen LogP contribution in [0.1, 0.15) is 43.7 Å². The Hall–Kier alpha value is -1.11. The predicted octanol–water partition coefficient (Wildman–Crippen LogP) is 2.72. The minimum Gasteiger partial charge on any atom is -0.493 e. The monoisotopic (exact) mass is 380 g/mol. The zero-order valence-corrected chi connectivity index (χ0v) is 17.1. The van der Waals surface area contributed by atoms with Crippen molar-refractivity contribution < 1.29 is 13.2 Å². The van der Waals surface area contributed by atoms with Gasteiger partial charge in [-0.25, -0.2) is 12.7 Å². The summed E-state index contributed by atoms with van der Waals surface area (Å²) in [4.78, 5) is 2.52. The van der Waals surface area contributed by atoms with Crippen molar-refractivity contribution in [3.8, 4) is 5.75 Å². The third-order valence-corrected chi connectivity index (χ3v) is 7.12. The third-order valence-electron chi connectivity index (χ3n) is 5.82. The highest BCUT2D eigenvalue weighted by molar-refractivity contribution is 7.88. The highest BCUT2D eigenvalue weighted by atomic mass is 32.2. The number of piperidine rings is 1. The number of hydrogen-bond acceptors (Lipinski definition) is 4. The zero-order valence-electron chi connectivity index (χ0n) is 16.3. The standard InChI is InChI=1S/C20H32N2O3S/c1-4-21(15-17-7-10-22(11-8-17)26(3,23)24)14-16(2)18-5-6-20-19(13-18)9-12-25-20/h5-6,13,16-17H,4,7-12,14-15H2,1-3H3. The maximum atomic E-state index is 11.7. The molecule has 1 aromatic rings. The molecule has 26 heavy (non-hydrogen) atoms. The minimum atomic E-state index is -3.03. The molecule has 3 rings (SSSR count). The molecule has 1 atom stereocenters. The second-order valence-electron chi connectivity index (χ2n) is 7.82. The summed E-state index contributed by atoms with van der Waals surface area (Å²) < 4.78 is 30.6. The van der Waals surface area contributed by atoms with Gasteiger partial charge in [-0.2, -0.15) is 0 Å². The van der Waals surface area contributed by atoms with E-state index in [1.807, 2.05) is 0 Å². The van der Waals surface area contributed by atoms with Crippen LogP contribution in [0.5, 0.6) is 5.75 Å². The molecule has 1 saturated heterocycles. The van der Waals surface area contributed by atoms with Crippen molar-refractivity contribution in [2.45, 2.75) is 39.0 Å². The van der Waals surface area contributed by atoms with Crippen molar-refractivity contribution in [3.05, 3.63) is 29.3 Å². The van der Waals surface area contributed by atoms with Crippen LogP contribution in [0.15, 0.2) is 18.2 Å². The smallest absolute Gasteiger partial charge is 0.211 e. The van der Waals surface area contributed by atoms with Crippen LogP contribution in [-0.4, -0.2) is 63.2 Å². The molecule has 1 aromatic carbocycles. The average molecular weight is 381 g/mol. The summed E-state index contributed by atoms with van der Waals surface area (Å²) in [6.45, 7) is 9.80. The molecule has 0 bridgehead atoms. The van der Waals surface area contributed by atoms with E-state index in [1.54, 1.807) is 4.31 Å². The number of sulfonamides is 1. The fourth-order valence-electron chi connectivity index (χ4n) is 4.13. The molecule has 0 aliphatic carbocycles. The van der Waals surface area contributed by atoms with Gasteiger partial charge in [-0.15, -0.1) is 0 Å². The topological polar surface area (TPSA) is 49.9 Å². The van der Waals surface area contributed by atoms with Gasteiger partial charge in [0.05, 0.1) is 12.9 Å². The molecular weight excluding hydrogens is 348 g/mol. The Morgan fingerprint density at radius 1 is 1.31 bits per heavy atom. The molecule has 6 heteroatoms. The van der Waals surface area contributed by atoms with Gasteiger partial charge in [0.1, 0.15) is 5.75 Å². The number of benzene rings is 1. The van der Waals surface area contributed by atoms with Crippen molar-refractivity contribution in [2.24, 2.45) is 5.92 Å². The lowest BCUT2D eigenvalue weighted by molar-refractivity contribution is 0.183. The molecule has 0 aromatic heterocycles. The van der Waals surface area contributed by atoms with Crippen LogP contribution in [0.25, 0.3) is 0 Å². The molecule has 0 spiro atoms. The van der Waals surface area contributed by atoms with Crippen LogP contribution in [0.3, 0.4) is 0 Å². The molecule has 1 fully saturated rings. The first-order chi connectivity index (χ1) is 12.4. The number of ether oxygens (including phenoxy) is 1. The second-order valence-corrected chi connectivity index (χ2v) is 9.81. The van der Waals surface area contributed by atoms with Crippen LogP contribution in [-0.2, 0) is 16.4 Å². The van der Waals surface area contributed by atoms with Gasteiger partial charge in [-0.05, 0) is 48.4 Å². The maximum Gasteiger partial charge on any atom is 0.211 e.